The molecule has 28 heavy (non-hydrogen) atoms. The number of carbonyl (C=O) groups is 1. The first kappa shape index (κ1) is 20.1. The SMILES string of the molecule is CCCS(=O)(=O)Nc1cccc(C(=O)NCc2ccc(N3CCCC3)nc2)c1. The summed E-state index contributed by atoms with van der Waals surface area (Å²) in [5, 5.41) is 2.85. The molecule has 0 atom stereocenters. The lowest BCUT2D eigenvalue weighted by atomic mass is 10.2. The van der Waals surface area contributed by atoms with Gasteiger partial charge in [-0.15, -0.1) is 0 Å². The molecule has 1 fully saturated rings. The van der Waals surface area contributed by atoms with Crippen LogP contribution >= 0.6 is 0 Å². The van der Waals surface area contributed by atoms with Crippen molar-refractivity contribution in [1.29, 1.82) is 0 Å². The molecule has 2 heterocycles. The zero-order valence-corrected chi connectivity index (χ0v) is 16.8. The van der Waals surface area contributed by atoms with Crippen LogP contribution in [0.15, 0.2) is 42.6 Å². The summed E-state index contributed by atoms with van der Waals surface area (Å²) in [7, 11) is -3.39. The van der Waals surface area contributed by atoms with E-state index in [1.54, 1.807) is 31.3 Å². The number of rotatable bonds is 8. The fraction of sp³-hybridized carbons (Fsp3) is 0.400. The summed E-state index contributed by atoms with van der Waals surface area (Å²) >= 11 is 0. The van der Waals surface area contributed by atoms with Crippen LogP contribution in [0.1, 0.15) is 42.1 Å². The molecule has 1 aromatic heterocycles. The van der Waals surface area contributed by atoms with Crippen LogP contribution in [-0.2, 0) is 16.6 Å². The van der Waals surface area contributed by atoms with Gasteiger partial charge >= 0.3 is 0 Å². The van der Waals surface area contributed by atoms with Gasteiger partial charge in [0.1, 0.15) is 5.82 Å². The maximum Gasteiger partial charge on any atom is 0.251 e. The molecule has 1 saturated heterocycles. The summed E-state index contributed by atoms with van der Waals surface area (Å²) in [4.78, 5) is 19.2. The van der Waals surface area contributed by atoms with E-state index < -0.39 is 10.0 Å². The molecule has 1 aromatic carbocycles. The summed E-state index contributed by atoms with van der Waals surface area (Å²) < 4.78 is 26.3. The van der Waals surface area contributed by atoms with Gasteiger partial charge in [0.25, 0.3) is 5.91 Å². The zero-order chi connectivity index (χ0) is 20.0. The van der Waals surface area contributed by atoms with Gasteiger partial charge in [-0.2, -0.15) is 0 Å². The second-order valence-corrected chi connectivity index (χ2v) is 8.75. The van der Waals surface area contributed by atoms with Crippen molar-refractivity contribution in [2.24, 2.45) is 0 Å². The number of amides is 1. The van der Waals surface area contributed by atoms with Gasteiger partial charge in [-0.05, 0) is 49.1 Å². The van der Waals surface area contributed by atoms with Crippen LogP contribution in [0.5, 0.6) is 0 Å². The second-order valence-electron chi connectivity index (χ2n) is 6.90. The predicted molar refractivity (Wildman–Crippen MR) is 111 cm³/mol. The highest BCUT2D eigenvalue weighted by Gasteiger charge is 2.14. The maximum absolute atomic E-state index is 12.4. The van der Waals surface area contributed by atoms with E-state index in [2.05, 4.69) is 19.9 Å². The smallest absolute Gasteiger partial charge is 0.251 e. The van der Waals surface area contributed by atoms with Crippen molar-refractivity contribution >= 4 is 27.4 Å². The number of sulfonamides is 1. The van der Waals surface area contributed by atoms with Crippen LogP contribution in [0.4, 0.5) is 11.5 Å². The van der Waals surface area contributed by atoms with Crippen molar-refractivity contribution in [2.75, 3.05) is 28.5 Å². The Labute approximate surface area is 166 Å². The average molecular weight is 403 g/mol. The number of benzene rings is 1. The molecule has 1 amide bonds. The predicted octanol–water partition coefficient (Wildman–Crippen LogP) is 2.76. The summed E-state index contributed by atoms with van der Waals surface area (Å²) in [5.74, 6) is 0.754. The van der Waals surface area contributed by atoms with Gasteiger partial charge in [-0.1, -0.05) is 19.1 Å². The van der Waals surface area contributed by atoms with Crippen molar-refractivity contribution in [3.8, 4) is 0 Å². The van der Waals surface area contributed by atoms with E-state index >= 15 is 0 Å². The number of aromatic nitrogens is 1. The van der Waals surface area contributed by atoms with Gasteiger partial charge in [0, 0.05) is 37.1 Å². The fourth-order valence-electron chi connectivity index (χ4n) is 3.16. The van der Waals surface area contributed by atoms with Crippen LogP contribution in [0.3, 0.4) is 0 Å². The number of nitrogens with one attached hydrogen (secondary N) is 2. The van der Waals surface area contributed by atoms with Gasteiger partial charge in [0.05, 0.1) is 5.75 Å². The topological polar surface area (TPSA) is 91.4 Å². The Morgan fingerprint density at radius 3 is 2.64 bits per heavy atom. The molecular weight excluding hydrogens is 376 g/mol. The molecule has 150 valence electrons. The third-order valence-electron chi connectivity index (χ3n) is 4.56. The number of nitrogens with zero attached hydrogens (tertiary/aromatic N) is 2. The minimum Gasteiger partial charge on any atom is -0.357 e. The molecule has 0 saturated carbocycles. The summed E-state index contributed by atoms with van der Waals surface area (Å²) in [5.41, 5.74) is 1.70. The average Bonchev–Trinajstić information content (AvgIpc) is 3.21. The Morgan fingerprint density at radius 1 is 1.18 bits per heavy atom. The summed E-state index contributed by atoms with van der Waals surface area (Å²) in [6, 6.07) is 10.4. The Morgan fingerprint density at radius 2 is 1.96 bits per heavy atom. The van der Waals surface area contributed by atoms with Gasteiger partial charge in [-0.3, -0.25) is 9.52 Å². The van der Waals surface area contributed by atoms with Gasteiger partial charge in [0.15, 0.2) is 0 Å². The standard InChI is InChI=1S/C20H26N4O3S/c1-2-12-28(26,27)23-18-7-5-6-17(13-18)20(25)22-15-16-8-9-19(21-14-16)24-10-3-4-11-24/h5-9,13-14,23H,2-4,10-12,15H2,1H3,(H,22,25). The van der Waals surface area contributed by atoms with Crippen LogP contribution in [-0.4, -0.2) is 38.2 Å². The molecule has 1 aliphatic heterocycles. The molecule has 2 N–H and O–H groups in total. The van der Waals surface area contributed by atoms with Crippen molar-refractivity contribution in [2.45, 2.75) is 32.7 Å². The normalized spacial score (nSPS) is 14.1. The Hall–Kier alpha value is -2.61. The monoisotopic (exact) mass is 402 g/mol. The molecule has 1 aliphatic rings. The lowest BCUT2D eigenvalue weighted by molar-refractivity contribution is 0.0951. The fourth-order valence-corrected chi connectivity index (χ4v) is 4.29. The number of hydrogen-bond donors (Lipinski definition) is 2. The zero-order valence-electron chi connectivity index (χ0n) is 16.0. The van der Waals surface area contributed by atoms with Gasteiger partial charge in [-0.25, -0.2) is 13.4 Å². The Kier molecular flexibility index (Phi) is 6.51. The van der Waals surface area contributed by atoms with Gasteiger partial charge < -0.3 is 10.2 Å². The second kappa shape index (κ2) is 9.05. The molecule has 0 radical (unpaired) electrons. The maximum atomic E-state index is 12.4. The van der Waals surface area contributed by atoms with Crippen LogP contribution in [0.25, 0.3) is 0 Å². The highest BCUT2D eigenvalue weighted by atomic mass is 32.2. The van der Waals surface area contributed by atoms with Crippen LogP contribution in [0.2, 0.25) is 0 Å². The van der Waals surface area contributed by atoms with Crippen molar-refractivity contribution < 1.29 is 13.2 Å². The van der Waals surface area contributed by atoms with E-state index in [0.717, 1.165) is 24.5 Å². The minimum atomic E-state index is -3.39. The van der Waals surface area contributed by atoms with E-state index in [1.807, 2.05) is 12.1 Å². The highest BCUT2D eigenvalue weighted by molar-refractivity contribution is 7.92. The first-order valence-corrected chi connectivity index (χ1v) is 11.2. The lowest BCUT2D eigenvalue weighted by Gasteiger charge is -2.16. The number of anilines is 2. The lowest BCUT2D eigenvalue weighted by Crippen LogP contribution is -2.23. The van der Waals surface area contributed by atoms with E-state index in [1.165, 1.54) is 18.9 Å². The molecule has 2 aromatic rings. The van der Waals surface area contributed by atoms with E-state index in [4.69, 9.17) is 0 Å². The van der Waals surface area contributed by atoms with Crippen molar-refractivity contribution in [1.82, 2.24) is 10.3 Å². The largest absolute Gasteiger partial charge is 0.357 e. The number of hydrogen-bond acceptors (Lipinski definition) is 5. The number of carbonyl (C=O) groups excluding carboxylic acids is 1. The molecule has 0 spiro atoms. The number of pyridine rings is 1. The van der Waals surface area contributed by atoms with E-state index in [-0.39, 0.29) is 11.7 Å². The molecular formula is C20H26N4O3S. The molecule has 0 bridgehead atoms. The van der Waals surface area contributed by atoms with E-state index in [0.29, 0.717) is 24.2 Å². The third kappa shape index (κ3) is 5.45. The van der Waals surface area contributed by atoms with E-state index in [9.17, 15) is 13.2 Å². The summed E-state index contributed by atoms with van der Waals surface area (Å²) in [6.45, 7) is 4.25. The highest BCUT2D eigenvalue weighted by Crippen LogP contribution is 2.18. The van der Waals surface area contributed by atoms with Crippen molar-refractivity contribution in [3.05, 3.63) is 53.7 Å². The van der Waals surface area contributed by atoms with Crippen molar-refractivity contribution in [3.63, 3.8) is 0 Å². The molecule has 8 heteroatoms. The first-order chi connectivity index (χ1) is 13.5. The first-order valence-electron chi connectivity index (χ1n) is 9.55. The molecule has 7 nitrogen and oxygen atoms in total. The van der Waals surface area contributed by atoms with Gasteiger partial charge in [0.2, 0.25) is 10.0 Å². The van der Waals surface area contributed by atoms with Crippen LogP contribution in [0, 0.1) is 0 Å². The van der Waals surface area contributed by atoms with Crippen LogP contribution < -0.4 is 14.9 Å². The molecule has 3 rings (SSSR count). The molecule has 0 aliphatic carbocycles. The Balaban J connectivity index is 1.58. The Bertz CT molecular complexity index is 907. The summed E-state index contributed by atoms with van der Waals surface area (Å²) in [6.07, 6.45) is 4.71. The molecule has 0 unspecified atom stereocenters. The third-order valence-corrected chi connectivity index (χ3v) is 6.06. The quantitative estimate of drug-likeness (QED) is 0.708. The minimum absolute atomic E-state index is 0.0455.